The van der Waals surface area contributed by atoms with Crippen LogP contribution in [0.2, 0.25) is 0 Å². The largest absolute Gasteiger partial charge is 0.497 e. The number of benzene rings is 1. The molecule has 2 aromatic heterocycles. The lowest BCUT2D eigenvalue weighted by molar-refractivity contribution is -1.03. The Morgan fingerprint density at radius 1 is 1.07 bits per heavy atom. The average molecular weight is 401 g/mol. The Morgan fingerprint density at radius 2 is 1.75 bits per heavy atom. The summed E-state index contributed by atoms with van der Waals surface area (Å²) in [6.07, 6.45) is 0. The number of nitrogens with zero attached hydrogens (tertiary/aromatic N) is 4. The summed E-state index contributed by atoms with van der Waals surface area (Å²) in [5.41, 5.74) is 3.42. The van der Waals surface area contributed by atoms with Crippen molar-refractivity contribution >= 4 is 18.0 Å². The first-order valence-electron chi connectivity index (χ1n) is 9.77. The van der Waals surface area contributed by atoms with Crippen molar-refractivity contribution in [3.05, 3.63) is 52.1 Å². The molecule has 0 radical (unpaired) electrons. The molecule has 28 heavy (non-hydrogen) atoms. The number of fused-ring (bicyclic) bond motifs is 1. The van der Waals surface area contributed by atoms with Gasteiger partial charge in [-0.2, -0.15) is 4.68 Å². The Balaban J connectivity index is 1.38. The SMILES string of the molecule is COc1ccc(C[NH+]2CC[NH+](Cn3nc4nc(C)cc(C)n4c3=S)CC2)cc1. The third kappa shape index (κ3) is 3.94. The predicted molar refractivity (Wildman–Crippen MR) is 109 cm³/mol. The van der Waals surface area contributed by atoms with E-state index >= 15 is 0 Å². The van der Waals surface area contributed by atoms with Crippen LogP contribution < -0.4 is 14.5 Å². The second-order valence-electron chi connectivity index (χ2n) is 7.64. The number of hydrogen-bond donors (Lipinski definition) is 2. The smallest absolute Gasteiger partial charge is 0.254 e. The van der Waals surface area contributed by atoms with Crippen LogP contribution in [0.4, 0.5) is 0 Å². The first kappa shape index (κ1) is 19.0. The van der Waals surface area contributed by atoms with Crippen molar-refractivity contribution in [2.24, 2.45) is 0 Å². The van der Waals surface area contributed by atoms with E-state index in [4.69, 9.17) is 17.0 Å². The van der Waals surface area contributed by atoms with Crippen LogP contribution in [-0.4, -0.2) is 52.5 Å². The Morgan fingerprint density at radius 3 is 2.43 bits per heavy atom. The van der Waals surface area contributed by atoms with Crippen molar-refractivity contribution in [3.63, 3.8) is 0 Å². The Bertz CT molecular complexity index is 1020. The highest BCUT2D eigenvalue weighted by molar-refractivity contribution is 7.71. The molecule has 1 saturated heterocycles. The number of aromatic nitrogens is 4. The third-order valence-electron chi connectivity index (χ3n) is 5.52. The molecule has 7 nitrogen and oxygen atoms in total. The summed E-state index contributed by atoms with van der Waals surface area (Å²) >= 11 is 5.65. The van der Waals surface area contributed by atoms with Gasteiger partial charge in [-0.25, -0.2) is 4.98 Å². The number of aryl methyl sites for hydroxylation is 2. The molecule has 3 aromatic rings. The average Bonchev–Trinajstić information content (AvgIpc) is 2.99. The minimum absolute atomic E-state index is 0.700. The van der Waals surface area contributed by atoms with E-state index in [-0.39, 0.29) is 0 Å². The third-order valence-corrected chi connectivity index (χ3v) is 5.91. The normalized spacial score (nSPS) is 19.8. The summed E-state index contributed by atoms with van der Waals surface area (Å²) in [5.74, 6) is 1.61. The van der Waals surface area contributed by atoms with E-state index in [1.54, 1.807) is 12.0 Å². The van der Waals surface area contributed by atoms with Gasteiger partial charge in [-0.1, -0.05) is 0 Å². The fourth-order valence-electron chi connectivity index (χ4n) is 3.97. The molecule has 0 spiro atoms. The fourth-order valence-corrected chi connectivity index (χ4v) is 4.30. The second-order valence-corrected chi connectivity index (χ2v) is 8.00. The Hall–Kier alpha value is -2.29. The van der Waals surface area contributed by atoms with Crippen molar-refractivity contribution in [2.45, 2.75) is 27.1 Å². The Labute approximate surface area is 170 Å². The van der Waals surface area contributed by atoms with Gasteiger partial charge in [-0.3, -0.25) is 4.40 Å². The molecule has 0 aliphatic carbocycles. The van der Waals surface area contributed by atoms with Gasteiger partial charge in [-0.15, -0.1) is 5.10 Å². The lowest BCUT2D eigenvalue weighted by Gasteiger charge is -2.29. The number of quaternary nitrogens is 2. The first-order chi connectivity index (χ1) is 13.5. The highest BCUT2D eigenvalue weighted by atomic mass is 32.1. The summed E-state index contributed by atoms with van der Waals surface area (Å²) in [4.78, 5) is 7.67. The molecule has 1 fully saturated rings. The van der Waals surface area contributed by atoms with Crippen LogP contribution in [0.5, 0.6) is 5.75 Å². The highest BCUT2D eigenvalue weighted by Crippen LogP contribution is 2.10. The van der Waals surface area contributed by atoms with E-state index in [1.165, 1.54) is 10.5 Å². The summed E-state index contributed by atoms with van der Waals surface area (Å²) in [6.45, 7) is 10.4. The highest BCUT2D eigenvalue weighted by Gasteiger charge is 2.24. The summed E-state index contributed by atoms with van der Waals surface area (Å²) in [5, 5.41) is 4.66. The van der Waals surface area contributed by atoms with Gasteiger partial charge in [0.2, 0.25) is 4.77 Å². The molecule has 1 aliphatic rings. The van der Waals surface area contributed by atoms with Gasteiger partial charge in [0.15, 0.2) is 6.67 Å². The summed E-state index contributed by atoms with van der Waals surface area (Å²) in [6, 6.07) is 10.5. The zero-order valence-corrected chi connectivity index (χ0v) is 17.6. The molecule has 0 amide bonds. The van der Waals surface area contributed by atoms with Crippen LogP contribution in [0, 0.1) is 18.6 Å². The molecule has 148 valence electrons. The van der Waals surface area contributed by atoms with E-state index in [9.17, 15) is 0 Å². The van der Waals surface area contributed by atoms with Crippen LogP contribution in [0.3, 0.4) is 0 Å². The van der Waals surface area contributed by atoms with Crippen molar-refractivity contribution < 1.29 is 14.5 Å². The van der Waals surface area contributed by atoms with E-state index in [0.717, 1.165) is 61.3 Å². The zero-order chi connectivity index (χ0) is 19.7. The van der Waals surface area contributed by atoms with Crippen molar-refractivity contribution in [1.82, 2.24) is 19.2 Å². The number of methoxy groups -OCH3 is 1. The first-order valence-corrected chi connectivity index (χ1v) is 10.2. The number of nitrogens with one attached hydrogen (secondary N) is 2. The Kier molecular flexibility index (Phi) is 5.43. The minimum atomic E-state index is 0.700. The quantitative estimate of drug-likeness (QED) is 0.584. The molecule has 3 heterocycles. The van der Waals surface area contributed by atoms with E-state index < -0.39 is 0 Å². The molecule has 0 unspecified atom stereocenters. The van der Waals surface area contributed by atoms with Crippen molar-refractivity contribution in [1.29, 1.82) is 0 Å². The molecule has 1 aliphatic heterocycles. The molecular weight excluding hydrogens is 372 g/mol. The summed E-state index contributed by atoms with van der Waals surface area (Å²) < 4.78 is 9.88. The van der Waals surface area contributed by atoms with Gasteiger partial charge >= 0.3 is 0 Å². The van der Waals surface area contributed by atoms with Gasteiger partial charge in [0.1, 0.15) is 38.5 Å². The van der Waals surface area contributed by atoms with Crippen LogP contribution in [0.1, 0.15) is 17.0 Å². The van der Waals surface area contributed by atoms with Gasteiger partial charge in [-0.05, 0) is 56.4 Å². The molecule has 0 bridgehead atoms. The topological polar surface area (TPSA) is 53.2 Å². The fraction of sp³-hybridized carbons (Fsp3) is 0.450. The molecular formula is C20H28N6OS+2. The van der Waals surface area contributed by atoms with Crippen molar-refractivity contribution in [3.8, 4) is 5.75 Å². The molecule has 0 atom stereocenters. The van der Waals surface area contributed by atoms with Crippen LogP contribution in [-0.2, 0) is 13.2 Å². The number of hydrogen-bond acceptors (Lipinski definition) is 4. The maximum Gasteiger partial charge on any atom is 0.254 e. The number of rotatable bonds is 5. The molecule has 2 N–H and O–H groups in total. The number of piperazine rings is 1. The van der Waals surface area contributed by atoms with E-state index in [0.29, 0.717) is 5.78 Å². The van der Waals surface area contributed by atoms with E-state index in [1.807, 2.05) is 34.2 Å². The lowest BCUT2D eigenvalue weighted by atomic mass is 10.2. The van der Waals surface area contributed by atoms with Crippen LogP contribution in [0.25, 0.3) is 5.78 Å². The maximum atomic E-state index is 5.65. The van der Waals surface area contributed by atoms with E-state index in [2.05, 4.69) is 29.1 Å². The maximum absolute atomic E-state index is 5.65. The molecule has 1 aromatic carbocycles. The van der Waals surface area contributed by atoms with Gasteiger partial charge in [0, 0.05) is 17.0 Å². The van der Waals surface area contributed by atoms with Crippen LogP contribution >= 0.6 is 12.2 Å². The van der Waals surface area contributed by atoms with Crippen molar-refractivity contribution in [2.75, 3.05) is 33.3 Å². The summed E-state index contributed by atoms with van der Waals surface area (Å²) in [7, 11) is 1.70. The molecule has 4 rings (SSSR count). The predicted octanol–water partition coefficient (Wildman–Crippen LogP) is -0.173. The zero-order valence-electron chi connectivity index (χ0n) is 16.7. The second kappa shape index (κ2) is 7.98. The minimum Gasteiger partial charge on any atom is -0.497 e. The monoisotopic (exact) mass is 400 g/mol. The van der Waals surface area contributed by atoms with Gasteiger partial charge in [0.25, 0.3) is 5.78 Å². The lowest BCUT2D eigenvalue weighted by Crippen LogP contribution is -3.27. The van der Waals surface area contributed by atoms with Crippen LogP contribution in [0.15, 0.2) is 30.3 Å². The molecule has 0 saturated carbocycles. The molecule has 8 heteroatoms. The van der Waals surface area contributed by atoms with Gasteiger partial charge in [0.05, 0.1) is 7.11 Å². The standard InChI is InChI=1S/C20H26N6OS/c1-15-12-16(2)26-19(21-15)22-25(20(26)28)14-24-10-8-23(9-11-24)13-17-4-6-18(27-3)7-5-17/h4-7,12H,8-11,13-14H2,1-3H3/p+2. The van der Waals surface area contributed by atoms with Gasteiger partial charge < -0.3 is 14.5 Å². The number of ether oxygens (including phenoxy) is 1.